The van der Waals surface area contributed by atoms with Crippen LogP contribution in [0.2, 0.25) is 5.35 Å². The predicted octanol–water partition coefficient (Wildman–Crippen LogP) is 4.67. The van der Waals surface area contributed by atoms with Gasteiger partial charge in [0, 0.05) is 11.1 Å². The van der Waals surface area contributed by atoms with Crippen molar-refractivity contribution in [2.45, 2.75) is 0 Å². The number of benzene rings is 2. The molecular formula is C16H12ClNO2. The number of nitrogens with zero attached hydrogens (tertiary/aromatic N) is 1. The van der Waals surface area contributed by atoms with Gasteiger partial charge in [0.2, 0.25) is 0 Å². The van der Waals surface area contributed by atoms with E-state index in [1.165, 1.54) is 0 Å². The van der Waals surface area contributed by atoms with Crippen LogP contribution in [0.4, 0.5) is 0 Å². The lowest BCUT2D eigenvalue weighted by atomic mass is 10.1. The van der Waals surface area contributed by atoms with Gasteiger partial charge in [0.15, 0.2) is 5.76 Å². The van der Waals surface area contributed by atoms with Crippen LogP contribution in [0.5, 0.6) is 5.75 Å². The summed E-state index contributed by atoms with van der Waals surface area (Å²) >= 11 is 5.93. The van der Waals surface area contributed by atoms with E-state index in [-0.39, 0.29) is 5.35 Å². The third-order valence-electron chi connectivity index (χ3n) is 2.98. The highest BCUT2D eigenvalue weighted by Crippen LogP contribution is 2.35. The lowest BCUT2D eigenvalue weighted by Gasteiger charge is -2.04. The Labute approximate surface area is 121 Å². The van der Waals surface area contributed by atoms with E-state index in [0.29, 0.717) is 5.76 Å². The Morgan fingerprint density at radius 2 is 1.75 bits per heavy atom. The first kappa shape index (κ1) is 12.8. The van der Waals surface area contributed by atoms with E-state index in [1.54, 1.807) is 7.11 Å². The molecule has 0 aliphatic carbocycles. The Hall–Kier alpha value is -2.26. The highest BCUT2D eigenvalue weighted by Gasteiger charge is 2.16. The Morgan fingerprint density at radius 1 is 1.00 bits per heavy atom. The number of methoxy groups -OCH3 is 1. The maximum absolute atomic E-state index is 5.93. The van der Waals surface area contributed by atoms with Crippen LogP contribution in [0.25, 0.3) is 22.6 Å². The van der Waals surface area contributed by atoms with Crippen LogP contribution in [0.15, 0.2) is 59.0 Å². The summed E-state index contributed by atoms with van der Waals surface area (Å²) in [6.07, 6.45) is 0. The molecule has 3 aromatic rings. The second kappa shape index (κ2) is 5.39. The van der Waals surface area contributed by atoms with Gasteiger partial charge in [0.05, 0.1) is 7.11 Å². The van der Waals surface area contributed by atoms with Crippen LogP contribution in [-0.2, 0) is 0 Å². The van der Waals surface area contributed by atoms with E-state index < -0.39 is 0 Å². The average molecular weight is 286 g/mol. The van der Waals surface area contributed by atoms with Gasteiger partial charge in [-0.15, -0.1) is 0 Å². The van der Waals surface area contributed by atoms with Crippen molar-refractivity contribution in [2.24, 2.45) is 0 Å². The molecule has 0 fully saturated rings. The van der Waals surface area contributed by atoms with Crippen molar-refractivity contribution in [2.75, 3.05) is 7.11 Å². The summed E-state index contributed by atoms with van der Waals surface area (Å²) in [5.74, 6) is 1.40. The highest BCUT2D eigenvalue weighted by atomic mass is 35.5. The van der Waals surface area contributed by atoms with Gasteiger partial charge < -0.3 is 9.15 Å². The lowest BCUT2D eigenvalue weighted by Crippen LogP contribution is -1.85. The van der Waals surface area contributed by atoms with E-state index in [4.69, 9.17) is 20.8 Å². The fraction of sp³-hybridized carbons (Fsp3) is 0.0625. The zero-order valence-corrected chi connectivity index (χ0v) is 11.6. The molecule has 20 heavy (non-hydrogen) atoms. The third kappa shape index (κ3) is 2.40. The molecule has 3 rings (SSSR count). The molecule has 0 saturated carbocycles. The van der Waals surface area contributed by atoms with E-state index in [9.17, 15) is 0 Å². The van der Waals surface area contributed by atoms with Crippen molar-refractivity contribution in [3.63, 3.8) is 0 Å². The molecule has 3 nitrogen and oxygen atoms in total. The zero-order valence-electron chi connectivity index (χ0n) is 10.8. The van der Waals surface area contributed by atoms with E-state index in [2.05, 4.69) is 4.98 Å². The first-order chi connectivity index (χ1) is 9.78. The summed E-state index contributed by atoms with van der Waals surface area (Å²) < 4.78 is 10.8. The summed E-state index contributed by atoms with van der Waals surface area (Å²) in [5, 5.41) is 0.127. The van der Waals surface area contributed by atoms with Gasteiger partial charge in [-0.2, -0.15) is 4.98 Å². The van der Waals surface area contributed by atoms with Gasteiger partial charge in [-0.05, 0) is 23.7 Å². The minimum Gasteiger partial charge on any atom is -0.497 e. The zero-order chi connectivity index (χ0) is 13.9. The van der Waals surface area contributed by atoms with Crippen molar-refractivity contribution in [3.8, 4) is 28.3 Å². The van der Waals surface area contributed by atoms with Crippen LogP contribution >= 0.6 is 11.6 Å². The second-order valence-electron chi connectivity index (χ2n) is 4.24. The second-order valence-corrected chi connectivity index (χ2v) is 4.57. The summed E-state index contributed by atoms with van der Waals surface area (Å²) in [5.41, 5.74) is 2.56. The smallest absolute Gasteiger partial charge is 0.293 e. The van der Waals surface area contributed by atoms with E-state index >= 15 is 0 Å². The van der Waals surface area contributed by atoms with Crippen molar-refractivity contribution in [3.05, 3.63) is 59.9 Å². The topological polar surface area (TPSA) is 35.3 Å². The predicted molar refractivity (Wildman–Crippen MR) is 78.9 cm³/mol. The highest BCUT2D eigenvalue weighted by molar-refractivity contribution is 6.28. The molecule has 2 aromatic carbocycles. The molecule has 0 amide bonds. The molecule has 0 aliphatic heterocycles. The number of ether oxygens (including phenoxy) is 1. The number of oxazole rings is 1. The summed E-state index contributed by atoms with van der Waals surface area (Å²) in [6.45, 7) is 0. The van der Waals surface area contributed by atoms with Gasteiger partial charge in [-0.25, -0.2) is 0 Å². The number of rotatable bonds is 3. The van der Waals surface area contributed by atoms with Crippen molar-refractivity contribution >= 4 is 11.6 Å². The Balaban J connectivity index is 2.14. The molecule has 0 radical (unpaired) electrons. The van der Waals surface area contributed by atoms with E-state index in [1.807, 2.05) is 54.6 Å². The number of aromatic nitrogens is 1. The summed E-state index contributed by atoms with van der Waals surface area (Å²) in [7, 11) is 1.63. The van der Waals surface area contributed by atoms with Gasteiger partial charge in [-0.3, -0.25) is 0 Å². The molecule has 4 heteroatoms. The monoisotopic (exact) mass is 285 g/mol. The molecule has 0 saturated heterocycles. The maximum atomic E-state index is 5.93. The fourth-order valence-electron chi connectivity index (χ4n) is 2.05. The summed E-state index contributed by atoms with van der Waals surface area (Å²) in [4.78, 5) is 4.27. The molecule has 0 N–H and O–H groups in total. The quantitative estimate of drug-likeness (QED) is 0.701. The number of halogens is 1. The SMILES string of the molecule is COc1cccc(-c2oc(Cl)nc2-c2ccccc2)c1. The Bertz CT molecular complexity index is 722. The lowest BCUT2D eigenvalue weighted by molar-refractivity contribution is 0.415. The molecule has 100 valence electrons. The van der Waals surface area contributed by atoms with Gasteiger partial charge in [0.1, 0.15) is 11.4 Å². The molecule has 0 unspecified atom stereocenters. The standard InChI is InChI=1S/C16H12ClNO2/c1-19-13-9-5-8-12(10-13)15-14(18-16(17)20-15)11-6-3-2-4-7-11/h2-10H,1H3. The molecule has 0 aliphatic rings. The van der Waals surface area contributed by atoms with Crippen LogP contribution in [0.1, 0.15) is 0 Å². The Morgan fingerprint density at radius 3 is 2.50 bits per heavy atom. The minimum absolute atomic E-state index is 0.127. The summed E-state index contributed by atoms with van der Waals surface area (Å²) in [6, 6.07) is 17.4. The van der Waals surface area contributed by atoms with Crippen molar-refractivity contribution < 1.29 is 9.15 Å². The minimum atomic E-state index is 0.127. The Kier molecular flexibility index (Phi) is 3.44. The largest absolute Gasteiger partial charge is 0.497 e. The first-order valence-corrected chi connectivity index (χ1v) is 6.52. The molecule has 0 bridgehead atoms. The van der Waals surface area contributed by atoms with Crippen LogP contribution in [0, 0.1) is 0 Å². The van der Waals surface area contributed by atoms with Crippen LogP contribution < -0.4 is 4.74 Å². The molecule has 1 heterocycles. The number of hydrogen-bond donors (Lipinski definition) is 0. The van der Waals surface area contributed by atoms with Crippen molar-refractivity contribution in [1.29, 1.82) is 0 Å². The van der Waals surface area contributed by atoms with Crippen LogP contribution in [-0.4, -0.2) is 12.1 Å². The normalized spacial score (nSPS) is 10.5. The average Bonchev–Trinajstić information content (AvgIpc) is 2.90. The molecule has 0 spiro atoms. The fourth-order valence-corrected chi connectivity index (χ4v) is 2.21. The maximum Gasteiger partial charge on any atom is 0.293 e. The first-order valence-electron chi connectivity index (χ1n) is 6.14. The van der Waals surface area contributed by atoms with Crippen LogP contribution in [0.3, 0.4) is 0 Å². The van der Waals surface area contributed by atoms with Gasteiger partial charge >= 0.3 is 0 Å². The molecule has 1 aromatic heterocycles. The van der Waals surface area contributed by atoms with E-state index in [0.717, 1.165) is 22.6 Å². The molecule has 0 atom stereocenters. The number of hydrogen-bond acceptors (Lipinski definition) is 3. The molecular weight excluding hydrogens is 274 g/mol. The van der Waals surface area contributed by atoms with Crippen molar-refractivity contribution in [1.82, 2.24) is 4.98 Å². The van der Waals surface area contributed by atoms with Gasteiger partial charge in [0.25, 0.3) is 5.35 Å². The van der Waals surface area contributed by atoms with Gasteiger partial charge in [-0.1, -0.05) is 42.5 Å². The third-order valence-corrected chi connectivity index (χ3v) is 3.14.